The number of aryl methyl sites for hydroxylation is 1. The van der Waals surface area contributed by atoms with E-state index >= 15 is 0 Å². The Morgan fingerprint density at radius 3 is 2.67 bits per heavy atom. The van der Waals surface area contributed by atoms with Gasteiger partial charge in [0.2, 0.25) is 5.91 Å². The Morgan fingerprint density at radius 2 is 2.11 bits per heavy atom. The molecular formula is C15H22N2O. The van der Waals surface area contributed by atoms with Crippen LogP contribution in [-0.2, 0) is 17.6 Å². The molecule has 3 nitrogen and oxygen atoms in total. The summed E-state index contributed by atoms with van der Waals surface area (Å²) in [5.41, 5.74) is 10.6. The van der Waals surface area contributed by atoms with Crippen LogP contribution in [0.3, 0.4) is 0 Å². The summed E-state index contributed by atoms with van der Waals surface area (Å²) in [5, 5.41) is 3.03. The van der Waals surface area contributed by atoms with Crippen LogP contribution < -0.4 is 11.1 Å². The van der Waals surface area contributed by atoms with Gasteiger partial charge in [0.15, 0.2) is 0 Å². The number of rotatable bonds is 4. The fourth-order valence-corrected chi connectivity index (χ4v) is 2.69. The number of amides is 1. The van der Waals surface area contributed by atoms with Gasteiger partial charge in [0.25, 0.3) is 0 Å². The first kappa shape index (κ1) is 13.1. The second kappa shape index (κ2) is 5.11. The van der Waals surface area contributed by atoms with Gasteiger partial charge in [0.1, 0.15) is 0 Å². The molecule has 2 unspecified atom stereocenters. The van der Waals surface area contributed by atoms with Crippen LogP contribution in [0, 0.1) is 0 Å². The molecule has 0 radical (unpaired) electrons. The van der Waals surface area contributed by atoms with Crippen LogP contribution in [0.2, 0.25) is 0 Å². The molecule has 1 aliphatic heterocycles. The lowest BCUT2D eigenvalue weighted by Crippen LogP contribution is -2.19. The average molecular weight is 246 g/mol. The summed E-state index contributed by atoms with van der Waals surface area (Å²) < 4.78 is 0. The molecule has 0 bridgehead atoms. The lowest BCUT2D eigenvalue weighted by atomic mass is 9.92. The van der Waals surface area contributed by atoms with Crippen molar-refractivity contribution in [2.75, 3.05) is 5.32 Å². The Balaban J connectivity index is 2.49. The maximum Gasteiger partial charge on any atom is 0.232 e. The summed E-state index contributed by atoms with van der Waals surface area (Å²) in [6.45, 7) is 6.20. The van der Waals surface area contributed by atoms with E-state index in [2.05, 4.69) is 31.3 Å². The van der Waals surface area contributed by atoms with Crippen molar-refractivity contribution in [3.05, 3.63) is 28.8 Å². The molecule has 0 aromatic heterocycles. The van der Waals surface area contributed by atoms with E-state index in [-0.39, 0.29) is 17.9 Å². The Bertz CT molecular complexity index is 466. The Morgan fingerprint density at radius 1 is 1.39 bits per heavy atom. The Hall–Kier alpha value is -1.35. The number of hydrogen-bond acceptors (Lipinski definition) is 2. The van der Waals surface area contributed by atoms with Crippen LogP contribution in [0.25, 0.3) is 0 Å². The number of nitrogens with two attached hydrogens (primary N) is 1. The second-order valence-corrected chi connectivity index (χ2v) is 5.20. The van der Waals surface area contributed by atoms with Crippen LogP contribution in [0.5, 0.6) is 0 Å². The first-order chi connectivity index (χ1) is 8.56. The van der Waals surface area contributed by atoms with Crippen LogP contribution in [0.4, 0.5) is 5.69 Å². The summed E-state index contributed by atoms with van der Waals surface area (Å²) in [5.74, 6) is 0.144. The van der Waals surface area contributed by atoms with Crippen LogP contribution in [0.1, 0.15) is 49.8 Å². The SMILES string of the molecule is CCc1cc(CC(C)N)c2c(c1)C(CC)C(=O)N2. The van der Waals surface area contributed by atoms with Gasteiger partial charge in [-0.1, -0.05) is 26.0 Å². The number of carbonyl (C=O) groups excluding carboxylic acids is 1. The second-order valence-electron chi connectivity index (χ2n) is 5.20. The molecule has 0 saturated heterocycles. The van der Waals surface area contributed by atoms with Crippen molar-refractivity contribution in [1.29, 1.82) is 0 Å². The quantitative estimate of drug-likeness (QED) is 0.858. The molecule has 98 valence electrons. The third-order valence-electron chi connectivity index (χ3n) is 3.61. The average Bonchev–Trinajstić information content (AvgIpc) is 2.64. The summed E-state index contributed by atoms with van der Waals surface area (Å²) in [4.78, 5) is 12.0. The predicted octanol–water partition coefficient (Wildman–Crippen LogP) is 2.58. The maximum atomic E-state index is 12.0. The molecule has 2 atom stereocenters. The molecule has 2 rings (SSSR count). The zero-order valence-electron chi connectivity index (χ0n) is 11.4. The standard InChI is InChI=1S/C15H22N2O/c1-4-10-7-11(6-9(3)16)14-13(8-10)12(5-2)15(18)17-14/h7-9,12H,4-6,16H2,1-3H3,(H,17,18). The fourth-order valence-electron chi connectivity index (χ4n) is 2.69. The van der Waals surface area contributed by atoms with E-state index in [1.807, 2.05) is 6.92 Å². The molecule has 3 N–H and O–H groups in total. The summed E-state index contributed by atoms with van der Waals surface area (Å²) in [6, 6.07) is 4.46. The van der Waals surface area contributed by atoms with Gasteiger partial charge in [-0.05, 0) is 42.9 Å². The largest absolute Gasteiger partial charge is 0.328 e. The molecule has 0 aliphatic carbocycles. The predicted molar refractivity (Wildman–Crippen MR) is 74.8 cm³/mol. The van der Waals surface area contributed by atoms with Gasteiger partial charge in [0, 0.05) is 11.7 Å². The molecule has 1 amide bonds. The summed E-state index contributed by atoms with van der Waals surface area (Å²) in [7, 11) is 0. The minimum Gasteiger partial charge on any atom is -0.328 e. The Labute approximate surface area is 109 Å². The maximum absolute atomic E-state index is 12.0. The van der Waals surface area contributed by atoms with Gasteiger partial charge in [0.05, 0.1) is 5.92 Å². The summed E-state index contributed by atoms with van der Waals surface area (Å²) in [6.07, 6.45) is 2.65. The van der Waals surface area contributed by atoms with E-state index in [1.54, 1.807) is 0 Å². The number of benzene rings is 1. The lowest BCUT2D eigenvalue weighted by Gasteiger charge is -2.13. The zero-order chi connectivity index (χ0) is 13.3. The van der Waals surface area contributed by atoms with Gasteiger partial charge in [-0.2, -0.15) is 0 Å². The van der Waals surface area contributed by atoms with E-state index in [4.69, 9.17) is 5.73 Å². The lowest BCUT2D eigenvalue weighted by molar-refractivity contribution is -0.117. The fraction of sp³-hybridized carbons (Fsp3) is 0.533. The molecule has 18 heavy (non-hydrogen) atoms. The third-order valence-corrected chi connectivity index (χ3v) is 3.61. The highest BCUT2D eigenvalue weighted by atomic mass is 16.2. The van der Waals surface area contributed by atoms with Crippen molar-refractivity contribution >= 4 is 11.6 Å². The Kier molecular flexibility index (Phi) is 3.71. The highest BCUT2D eigenvalue weighted by Gasteiger charge is 2.31. The van der Waals surface area contributed by atoms with Crippen LogP contribution in [0.15, 0.2) is 12.1 Å². The first-order valence-corrected chi connectivity index (χ1v) is 6.78. The summed E-state index contributed by atoms with van der Waals surface area (Å²) >= 11 is 0. The molecule has 0 fully saturated rings. The molecular weight excluding hydrogens is 224 g/mol. The van der Waals surface area contributed by atoms with Gasteiger partial charge in [-0.3, -0.25) is 4.79 Å². The first-order valence-electron chi connectivity index (χ1n) is 6.78. The highest BCUT2D eigenvalue weighted by Crippen LogP contribution is 2.38. The molecule has 1 aliphatic rings. The van der Waals surface area contributed by atoms with E-state index in [0.29, 0.717) is 0 Å². The van der Waals surface area contributed by atoms with Crippen molar-refractivity contribution in [2.45, 2.75) is 52.0 Å². The highest BCUT2D eigenvalue weighted by molar-refractivity contribution is 6.03. The third kappa shape index (κ3) is 2.27. The molecule has 1 aromatic carbocycles. The van der Waals surface area contributed by atoms with Gasteiger partial charge in [-0.15, -0.1) is 0 Å². The van der Waals surface area contributed by atoms with E-state index in [1.165, 1.54) is 11.1 Å². The van der Waals surface area contributed by atoms with Crippen molar-refractivity contribution in [1.82, 2.24) is 0 Å². The van der Waals surface area contributed by atoms with Crippen molar-refractivity contribution < 1.29 is 4.79 Å². The van der Waals surface area contributed by atoms with E-state index in [9.17, 15) is 4.79 Å². The van der Waals surface area contributed by atoms with E-state index in [0.717, 1.165) is 30.5 Å². The topological polar surface area (TPSA) is 55.1 Å². The van der Waals surface area contributed by atoms with Gasteiger partial charge in [-0.25, -0.2) is 0 Å². The molecule has 1 aromatic rings. The minimum absolute atomic E-state index is 0.0123. The molecule has 1 heterocycles. The number of fused-ring (bicyclic) bond motifs is 1. The van der Waals surface area contributed by atoms with Crippen molar-refractivity contribution in [3.8, 4) is 0 Å². The number of hydrogen-bond donors (Lipinski definition) is 2. The number of carbonyl (C=O) groups is 1. The molecule has 3 heteroatoms. The van der Waals surface area contributed by atoms with Crippen molar-refractivity contribution in [3.63, 3.8) is 0 Å². The van der Waals surface area contributed by atoms with Crippen LogP contribution >= 0.6 is 0 Å². The van der Waals surface area contributed by atoms with Crippen LogP contribution in [-0.4, -0.2) is 11.9 Å². The monoisotopic (exact) mass is 246 g/mol. The molecule has 0 saturated carbocycles. The smallest absolute Gasteiger partial charge is 0.232 e. The molecule has 0 spiro atoms. The van der Waals surface area contributed by atoms with Crippen molar-refractivity contribution in [2.24, 2.45) is 5.73 Å². The zero-order valence-corrected chi connectivity index (χ0v) is 11.4. The van der Waals surface area contributed by atoms with Gasteiger partial charge < -0.3 is 11.1 Å². The van der Waals surface area contributed by atoms with Gasteiger partial charge >= 0.3 is 0 Å². The number of anilines is 1. The normalized spacial score (nSPS) is 19.6. The van der Waals surface area contributed by atoms with E-state index < -0.39 is 0 Å². The minimum atomic E-state index is 0.0123. The number of nitrogens with one attached hydrogen (secondary N) is 1.